The SMILES string of the molecule is Oc1cccc(N2C(=S)NC(=NCc3ccc(C(F)(F)F)cc3)C2(O)c2cc(O)c(O)cc2O)c1. The lowest BCUT2D eigenvalue weighted by Gasteiger charge is -2.34. The summed E-state index contributed by atoms with van der Waals surface area (Å²) in [5.41, 5.74) is -2.92. The Balaban J connectivity index is 1.81. The maximum absolute atomic E-state index is 12.8. The van der Waals surface area contributed by atoms with Gasteiger partial charge in [-0.2, -0.15) is 13.2 Å². The minimum Gasteiger partial charge on any atom is -0.508 e. The molecule has 0 saturated carbocycles. The molecule has 1 aliphatic heterocycles. The number of rotatable bonds is 4. The zero-order chi connectivity index (χ0) is 25.5. The molecule has 3 aromatic rings. The maximum atomic E-state index is 12.8. The number of aliphatic imine (C=N–C) groups is 1. The van der Waals surface area contributed by atoms with Crippen LogP contribution in [-0.4, -0.2) is 36.5 Å². The highest BCUT2D eigenvalue weighted by Gasteiger charge is 2.52. The zero-order valence-corrected chi connectivity index (χ0v) is 18.5. The van der Waals surface area contributed by atoms with Crippen molar-refractivity contribution < 1.29 is 38.7 Å². The van der Waals surface area contributed by atoms with Gasteiger partial charge in [-0.15, -0.1) is 0 Å². The van der Waals surface area contributed by atoms with Crippen LogP contribution in [0.3, 0.4) is 0 Å². The third-order valence-electron chi connectivity index (χ3n) is 5.34. The number of thiocarbonyl (C=S) groups is 1. The fourth-order valence-electron chi connectivity index (χ4n) is 3.65. The van der Waals surface area contributed by atoms with E-state index in [1.807, 2.05) is 0 Å². The summed E-state index contributed by atoms with van der Waals surface area (Å²) < 4.78 is 38.5. The van der Waals surface area contributed by atoms with Crippen LogP contribution in [0.2, 0.25) is 0 Å². The minimum absolute atomic E-state index is 0.0868. The van der Waals surface area contributed by atoms with Crippen LogP contribution in [0.25, 0.3) is 0 Å². The monoisotopic (exact) mass is 505 g/mol. The van der Waals surface area contributed by atoms with Crippen molar-refractivity contribution in [3.63, 3.8) is 0 Å². The quantitative estimate of drug-likeness (QED) is 0.180. The summed E-state index contributed by atoms with van der Waals surface area (Å²) in [7, 11) is 0. The van der Waals surface area contributed by atoms with Crippen molar-refractivity contribution in [2.24, 2.45) is 4.99 Å². The van der Waals surface area contributed by atoms with E-state index in [4.69, 9.17) is 12.2 Å². The Labute approximate surface area is 201 Å². The number of aliphatic hydroxyl groups is 1. The first-order chi connectivity index (χ1) is 16.4. The summed E-state index contributed by atoms with van der Waals surface area (Å²) >= 11 is 5.36. The summed E-state index contributed by atoms with van der Waals surface area (Å²) in [5.74, 6) is -2.27. The molecular weight excluding hydrogens is 487 g/mol. The number of hydrogen-bond donors (Lipinski definition) is 6. The van der Waals surface area contributed by atoms with Crippen LogP contribution in [-0.2, 0) is 18.4 Å². The lowest BCUT2D eigenvalue weighted by molar-refractivity contribution is -0.137. The van der Waals surface area contributed by atoms with E-state index < -0.39 is 34.7 Å². The summed E-state index contributed by atoms with van der Waals surface area (Å²) in [6.07, 6.45) is -4.50. The third-order valence-corrected chi connectivity index (χ3v) is 5.62. The first-order valence-corrected chi connectivity index (χ1v) is 10.4. The van der Waals surface area contributed by atoms with Gasteiger partial charge in [0.1, 0.15) is 11.5 Å². The topological polar surface area (TPSA) is 129 Å². The van der Waals surface area contributed by atoms with E-state index in [-0.39, 0.29) is 34.5 Å². The normalized spacial score (nSPS) is 19.3. The highest BCUT2D eigenvalue weighted by molar-refractivity contribution is 7.80. The van der Waals surface area contributed by atoms with Crippen LogP contribution in [0.1, 0.15) is 16.7 Å². The zero-order valence-electron chi connectivity index (χ0n) is 17.7. The fraction of sp³-hybridized carbons (Fsp3) is 0.130. The predicted molar refractivity (Wildman–Crippen MR) is 124 cm³/mol. The Morgan fingerprint density at radius 2 is 1.57 bits per heavy atom. The molecule has 0 aromatic heterocycles. The summed E-state index contributed by atoms with van der Waals surface area (Å²) in [4.78, 5) is 5.41. The van der Waals surface area contributed by atoms with Crippen LogP contribution in [0.5, 0.6) is 23.0 Å². The lowest BCUT2D eigenvalue weighted by atomic mass is 9.98. The molecule has 0 aliphatic carbocycles. The average molecular weight is 505 g/mol. The highest BCUT2D eigenvalue weighted by atomic mass is 32.1. The molecule has 0 amide bonds. The molecule has 1 fully saturated rings. The van der Waals surface area contributed by atoms with Gasteiger partial charge in [0, 0.05) is 12.1 Å². The predicted octanol–water partition coefficient (Wildman–Crippen LogP) is 3.67. The Kier molecular flexibility index (Phi) is 5.95. The molecule has 4 rings (SSSR count). The van der Waals surface area contributed by atoms with E-state index in [1.165, 1.54) is 36.4 Å². The van der Waals surface area contributed by atoms with Crippen LogP contribution >= 0.6 is 12.2 Å². The van der Waals surface area contributed by atoms with Gasteiger partial charge in [0.2, 0.25) is 5.72 Å². The van der Waals surface area contributed by atoms with Gasteiger partial charge in [0.15, 0.2) is 22.4 Å². The molecule has 3 aromatic carbocycles. The molecule has 0 spiro atoms. The number of halogens is 3. The molecule has 0 bridgehead atoms. The molecule has 1 aliphatic rings. The minimum atomic E-state index is -4.50. The number of hydrogen-bond acceptors (Lipinski definition) is 7. The van der Waals surface area contributed by atoms with E-state index >= 15 is 0 Å². The standard InChI is InChI=1S/C23H18F3N3O5S/c24-23(25,26)13-6-4-12(5-7-13)11-27-20-22(34,16-9-18(32)19(33)10-17(16)31)29(21(35)28-20)14-2-1-3-15(30)8-14/h1-10,30-34H,11H2,(H,27,28,35). The number of amidine groups is 1. The number of aromatic hydroxyl groups is 4. The Hall–Kier alpha value is -4.03. The highest BCUT2D eigenvalue weighted by Crippen LogP contribution is 2.44. The molecule has 1 unspecified atom stereocenters. The average Bonchev–Trinajstić information content (AvgIpc) is 3.04. The van der Waals surface area contributed by atoms with Gasteiger partial charge in [-0.25, -0.2) is 0 Å². The van der Waals surface area contributed by atoms with Crippen LogP contribution in [0, 0.1) is 0 Å². The van der Waals surface area contributed by atoms with E-state index in [1.54, 1.807) is 0 Å². The van der Waals surface area contributed by atoms with Gasteiger partial charge >= 0.3 is 6.18 Å². The molecule has 35 heavy (non-hydrogen) atoms. The van der Waals surface area contributed by atoms with Crippen molar-refractivity contribution in [3.8, 4) is 23.0 Å². The van der Waals surface area contributed by atoms with Gasteiger partial charge in [0.25, 0.3) is 0 Å². The largest absolute Gasteiger partial charge is 0.508 e. The second kappa shape index (κ2) is 8.64. The van der Waals surface area contributed by atoms with Gasteiger partial charge in [-0.3, -0.25) is 9.89 Å². The summed E-state index contributed by atoms with van der Waals surface area (Å²) in [5, 5.41) is 54.7. The van der Waals surface area contributed by atoms with Crippen molar-refractivity contribution in [2.45, 2.75) is 18.4 Å². The second-order valence-corrected chi connectivity index (χ2v) is 8.06. The first-order valence-electron chi connectivity index (χ1n) is 10.0. The van der Waals surface area contributed by atoms with Gasteiger partial charge in [0.05, 0.1) is 23.4 Å². The smallest absolute Gasteiger partial charge is 0.416 e. The molecule has 8 nitrogen and oxygen atoms in total. The van der Waals surface area contributed by atoms with Crippen LogP contribution in [0.15, 0.2) is 65.7 Å². The number of phenolic OH excluding ortho intramolecular Hbond substituents is 4. The van der Waals surface area contributed by atoms with E-state index in [9.17, 15) is 38.7 Å². The van der Waals surface area contributed by atoms with Crippen molar-refractivity contribution in [1.82, 2.24) is 5.32 Å². The van der Waals surface area contributed by atoms with E-state index in [0.717, 1.165) is 29.2 Å². The molecule has 1 atom stereocenters. The Morgan fingerprint density at radius 3 is 2.20 bits per heavy atom. The molecule has 6 N–H and O–H groups in total. The number of alkyl halides is 3. The van der Waals surface area contributed by atoms with Crippen molar-refractivity contribution in [2.75, 3.05) is 4.90 Å². The number of anilines is 1. The number of nitrogens with one attached hydrogen (secondary N) is 1. The first kappa shape index (κ1) is 24.1. The summed E-state index contributed by atoms with van der Waals surface area (Å²) in [6, 6.07) is 11.7. The van der Waals surface area contributed by atoms with Gasteiger partial charge in [-0.05, 0) is 48.1 Å². The second-order valence-electron chi connectivity index (χ2n) is 7.68. The Bertz CT molecular complexity index is 1330. The maximum Gasteiger partial charge on any atom is 0.416 e. The molecule has 12 heteroatoms. The Morgan fingerprint density at radius 1 is 0.914 bits per heavy atom. The van der Waals surface area contributed by atoms with Gasteiger partial charge < -0.3 is 30.8 Å². The molecule has 1 heterocycles. The number of nitrogens with zero attached hydrogens (tertiary/aromatic N) is 2. The van der Waals surface area contributed by atoms with Gasteiger partial charge in [-0.1, -0.05) is 18.2 Å². The van der Waals surface area contributed by atoms with E-state index in [2.05, 4.69) is 10.3 Å². The van der Waals surface area contributed by atoms with Crippen molar-refractivity contribution in [3.05, 3.63) is 77.4 Å². The third kappa shape index (κ3) is 4.40. The molecule has 0 radical (unpaired) electrons. The van der Waals surface area contributed by atoms with E-state index in [0.29, 0.717) is 5.56 Å². The summed E-state index contributed by atoms with van der Waals surface area (Å²) in [6.45, 7) is -0.176. The van der Waals surface area contributed by atoms with Crippen molar-refractivity contribution >= 4 is 28.9 Å². The lowest BCUT2D eigenvalue weighted by Crippen LogP contribution is -2.47. The van der Waals surface area contributed by atoms with Crippen molar-refractivity contribution in [1.29, 1.82) is 0 Å². The molecule has 1 saturated heterocycles. The molecule has 182 valence electrons. The number of benzene rings is 3. The van der Waals surface area contributed by atoms with Crippen LogP contribution in [0.4, 0.5) is 18.9 Å². The molecular formula is C23H18F3N3O5S. The fourth-order valence-corrected chi connectivity index (χ4v) is 3.98. The number of phenols is 4. The van der Waals surface area contributed by atoms with Crippen LogP contribution < -0.4 is 10.2 Å².